The van der Waals surface area contributed by atoms with Crippen LogP contribution in [0, 0.1) is 0 Å². The number of carbonyl (C=O) groups is 1. The molecule has 120 valence electrons. The van der Waals surface area contributed by atoms with Crippen molar-refractivity contribution in [3.05, 3.63) is 0 Å². The van der Waals surface area contributed by atoms with Crippen molar-refractivity contribution in [3.63, 3.8) is 0 Å². The molecule has 0 aromatic heterocycles. The van der Waals surface area contributed by atoms with Gasteiger partial charge < -0.3 is 15.4 Å². The molecular weight excluding hydrogens is 301 g/mol. The van der Waals surface area contributed by atoms with Gasteiger partial charge in [-0.15, -0.1) is 24.8 Å². The van der Waals surface area contributed by atoms with Crippen LogP contribution in [0.15, 0.2) is 0 Å². The molecule has 2 fully saturated rings. The maximum Gasteiger partial charge on any atom is 0.237 e. The molecule has 0 aromatic carbocycles. The van der Waals surface area contributed by atoms with Gasteiger partial charge in [0.15, 0.2) is 0 Å². The zero-order chi connectivity index (χ0) is 12.6. The quantitative estimate of drug-likeness (QED) is 0.734. The average Bonchev–Trinajstić information content (AvgIpc) is 2.45. The van der Waals surface area contributed by atoms with Crippen molar-refractivity contribution in [2.75, 3.05) is 45.9 Å². The molecule has 5 nitrogen and oxygen atoms in total. The molecule has 2 heterocycles. The van der Waals surface area contributed by atoms with E-state index in [0.717, 1.165) is 58.8 Å². The number of piperidine rings is 1. The first-order valence-electron chi connectivity index (χ1n) is 7.17. The molecule has 0 saturated carbocycles. The molecule has 1 amide bonds. The highest BCUT2D eigenvalue weighted by molar-refractivity contribution is 5.85. The summed E-state index contributed by atoms with van der Waals surface area (Å²) in [5, 5.41) is 6.30. The van der Waals surface area contributed by atoms with E-state index in [4.69, 9.17) is 4.74 Å². The van der Waals surface area contributed by atoms with Crippen molar-refractivity contribution in [1.29, 1.82) is 0 Å². The van der Waals surface area contributed by atoms with Crippen molar-refractivity contribution in [2.45, 2.75) is 31.7 Å². The molecule has 0 spiro atoms. The van der Waals surface area contributed by atoms with Crippen LogP contribution in [0.4, 0.5) is 0 Å². The van der Waals surface area contributed by atoms with Gasteiger partial charge in [-0.25, -0.2) is 0 Å². The fourth-order valence-corrected chi connectivity index (χ4v) is 2.54. The van der Waals surface area contributed by atoms with Crippen molar-refractivity contribution >= 4 is 30.7 Å². The average molecular weight is 328 g/mol. The summed E-state index contributed by atoms with van der Waals surface area (Å²) >= 11 is 0. The van der Waals surface area contributed by atoms with Crippen molar-refractivity contribution < 1.29 is 9.53 Å². The number of hydrogen-bond acceptors (Lipinski definition) is 4. The molecule has 1 atom stereocenters. The minimum atomic E-state index is 0. The van der Waals surface area contributed by atoms with Gasteiger partial charge in [-0.05, 0) is 32.4 Å². The number of morpholine rings is 1. The van der Waals surface area contributed by atoms with Gasteiger partial charge in [0.05, 0.1) is 19.3 Å². The highest BCUT2D eigenvalue weighted by atomic mass is 35.5. The van der Waals surface area contributed by atoms with Crippen LogP contribution >= 0.6 is 24.8 Å². The third-order valence-corrected chi connectivity index (χ3v) is 3.68. The predicted octanol–water partition coefficient (Wildman–Crippen LogP) is 0.811. The summed E-state index contributed by atoms with van der Waals surface area (Å²) in [7, 11) is 0. The van der Waals surface area contributed by atoms with Gasteiger partial charge in [0, 0.05) is 19.6 Å². The molecule has 2 rings (SSSR count). The van der Waals surface area contributed by atoms with Gasteiger partial charge >= 0.3 is 0 Å². The van der Waals surface area contributed by atoms with Crippen molar-refractivity contribution in [1.82, 2.24) is 15.5 Å². The summed E-state index contributed by atoms with van der Waals surface area (Å²) in [6.45, 7) is 6.56. The third-order valence-electron chi connectivity index (χ3n) is 3.68. The molecule has 0 aliphatic carbocycles. The van der Waals surface area contributed by atoms with Crippen molar-refractivity contribution in [2.24, 2.45) is 0 Å². The van der Waals surface area contributed by atoms with Gasteiger partial charge in [0.2, 0.25) is 5.91 Å². The fourth-order valence-electron chi connectivity index (χ4n) is 2.54. The molecule has 2 saturated heterocycles. The molecular formula is C13H27Cl2N3O2. The van der Waals surface area contributed by atoms with Gasteiger partial charge in [0.1, 0.15) is 0 Å². The van der Waals surface area contributed by atoms with Crippen molar-refractivity contribution in [3.8, 4) is 0 Å². The Bertz CT molecular complexity index is 258. The highest BCUT2D eigenvalue weighted by Crippen LogP contribution is 2.06. The standard InChI is InChI=1S/C13H25N3O2.2ClH/c17-13(12-4-1-2-5-14-12)15-6-3-7-16-8-10-18-11-9-16;;/h12,14H,1-11H2,(H,15,17);2*1H. The van der Waals surface area contributed by atoms with Crippen LogP contribution < -0.4 is 10.6 Å². The Kier molecular flexibility index (Phi) is 11.5. The Labute approximate surface area is 134 Å². The minimum absolute atomic E-state index is 0. The molecule has 0 bridgehead atoms. The molecule has 2 aliphatic rings. The Hall–Kier alpha value is -0.0700. The number of nitrogens with one attached hydrogen (secondary N) is 2. The van der Waals surface area contributed by atoms with Crippen LogP contribution in [-0.4, -0.2) is 62.8 Å². The number of carbonyl (C=O) groups excluding carboxylic acids is 1. The summed E-state index contributed by atoms with van der Waals surface area (Å²) in [5.74, 6) is 0.177. The third kappa shape index (κ3) is 7.09. The van der Waals surface area contributed by atoms with Crippen LogP contribution in [0.5, 0.6) is 0 Å². The van der Waals surface area contributed by atoms with Gasteiger partial charge in [-0.3, -0.25) is 9.69 Å². The van der Waals surface area contributed by atoms with Gasteiger partial charge in [-0.2, -0.15) is 0 Å². The molecule has 0 radical (unpaired) electrons. The number of rotatable bonds is 5. The topological polar surface area (TPSA) is 53.6 Å². The molecule has 0 aromatic rings. The number of amides is 1. The Balaban J connectivity index is 0.00000180. The van der Waals surface area contributed by atoms with E-state index in [0.29, 0.717) is 0 Å². The predicted molar refractivity (Wildman–Crippen MR) is 85.0 cm³/mol. The maximum atomic E-state index is 11.8. The Morgan fingerprint density at radius 3 is 2.65 bits per heavy atom. The first-order chi connectivity index (χ1) is 8.86. The molecule has 2 N–H and O–H groups in total. The second-order valence-corrected chi connectivity index (χ2v) is 5.10. The zero-order valence-electron chi connectivity index (χ0n) is 11.9. The van der Waals surface area contributed by atoms with Crippen LogP contribution in [0.1, 0.15) is 25.7 Å². The van der Waals surface area contributed by atoms with E-state index in [1.165, 1.54) is 12.8 Å². The lowest BCUT2D eigenvalue weighted by molar-refractivity contribution is -0.123. The Morgan fingerprint density at radius 2 is 2.00 bits per heavy atom. The minimum Gasteiger partial charge on any atom is -0.379 e. The molecule has 20 heavy (non-hydrogen) atoms. The highest BCUT2D eigenvalue weighted by Gasteiger charge is 2.19. The summed E-state index contributed by atoms with van der Waals surface area (Å²) in [6, 6.07) is 0.0436. The largest absolute Gasteiger partial charge is 0.379 e. The molecule has 1 unspecified atom stereocenters. The van der Waals surface area contributed by atoms with Crippen LogP contribution in [0.3, 0.4) is 0 Å². The van der Waals surface area contributed by atoms with E-state index >= 15 is 0 Å². The van der Waals surface area contributed by atoms with Gasteiger partial charge in [0.25, 0.3) is 0 Å². The number of hydrogen-bond donors (Lipinski definition) is 2. The van der Waals surface area contributed by atoms with E-state index in [2.05, 4.69) is 15.5 Å². The summed E-state index contributed by atoms with van der Waals surface area (Å²) in [4.78, 5) is 14.2. The van der Waals surface area contributed by atoms with E-state index in [9.17, 15) is 4.79 Å². The number of halogens is 2. The summed E-state index contributed by atoms with van der Waals surface area (Å²) in [5.41, 5.74) is 0. The Morgan fingerprint density at radius 1 is 1.25 bits per heavy atom. The van der Waals surface area contributed by atoms with Gasteiger partial charge in [-0.1, -0.05) is 6.42 Å². The molecule has 7 heteroatoms. The number of ether oxygens (including phenoxy) is 1. The van der Waals surface area contributed by atoms with E-state index in [1.807, 2.05) is 0 Å². The summed E-state index contributed by atoms with van der Waals surface area (Å²) < 4.78 is 5.30. The van der Waals surface area contributed by atoms with E-state index in [1.54, 1.807) is 0 Å². The normalized spacial score (nSPS) is 23.3. The first-order valence-corrected chi connectivity index (χ1v) is 7.17. The first kappa shape index (κ1) is 19.9. The monoisotopic (exact) mass is 327 g/mol. The lowest BCUT2D eigenvalue weighted by Crippen LogP contribution is -2.47. The maximum absolute atomic E-state index is 11.8. The SMILES string of the molecule is Cl.Cl.O=C(NCCCN1CCOCC1)C1CCCCN1. The van der Waals surface area contributed by atoms with Crippen LogP contribution in [0.25, 0.3) is 0 Å². The van der Waals surface area contributed by atoms with Crippen LogP contribution in [0.2, 0.25) is 0 Å². The fraction of sp³-hybridized carbons (Fsp3) is 0.923. The van der Waals surface area contributed by atoms with E-state index < -0.39 is 0 Å². The lowest BCUT2D eigenvalue weighted by Gasteiger charge is -2.26. The lowest BCUT2D eigenvalue weighted by atomic mass is 10.0. The van der Waals surface area contributed by atoms with Crippen LogP contribution in [-0.2, 0) is 9.53 Å². The number of nitrogens with zero attached hydrogens (tertiary/aromatic N) is 1. The smallest absolute Gasteiger partial charge is 0.237 e. The second kappa shape index (κ2) is 11.6. The summed E-state index contributed by atoms with van der Waals surface area (Å²) in [6.07, 6.45) is 4.37. The molecule has 2 aliphatic heterocycles. The zero-order valence-corrected chi connectivity index (χ0v) is 13.6. The van der Waals surface area contributed by atoms with E-state index in [-0.39, 0.29) is 36.8 Å². The second-order valence-electron chi connectivity index (χ2n) is 5.10.